The van der Waals surface area contributed by atoms with Crippen LogP contribution < -0.4 is 18.9 Å². The first-order valence-corrected chi connectivity index (χ1v) is 7.42. The van der Waals surface area contributed by atoms with E-state index < -0.39 is 0 Å². The molecule has 0 spiro atoms. The number of hydrogen-bond donors (Lipinski definition) is 0. The van der Waals surface area contributed by atoms with Crippen molar-refractivity contribution in [3.05, 3.63) is 52.8 Å². The third-order valence-electron chi connectivity index (χ3n) is 3.91. The summed E-state index contributed by atoms with van der Waals surface area (Å²) >= 11 is 0. The second-order valence-corrected chi connectivity index (χ2v) is 5.37. The molecule has 0 radical (unpaired) electrons. The minimum absolute atomic E-state index is 0.150. The number of Topliss-reactive ketones (excluding diaryl/α,β-unsaturated/α-hetero) is 1. The predicted octanol–water partition coefficient (Wildman–Crippen LogP) is 3.64. The molecule has 0 atom stereocenters. The van der Waals surface area contributed by atoms with Crippen molar-refractivity contribution in [2.45, 2.75) is 6.92 Å². The van der Waals surface area contributed by atoms with Crippen molar-refractivity contribution in [2.24, 2.45) is 0 Å². The van der Waals surface area contributed by atoms with E-state index in [0.717, 1.165) is 11.1 Å². The fourth-order valence-corrected chi connectivity index (χ4v) is 2.67. The van der Waals surface area contributed by atoms with Crippen molar-refractivity contribution < 1.29 is 23.7 Å². The fraction of sp³-hybridized carbons (Fsp3) is 0.211. The maximum absolute atomic E-state index is 12.6. The molecule has 124 valence electrons. The van der Waals surface area contributed by atoms with Crippen LogP contribution in [0.1, 0.15) is 21.5 Å². The number of ether oxygens (including phenoxy) is 4. The van der Waals surface area contributed by atoms with E-state index in [2.05, 4.69) is 0 Å². The molecule has 0 saturated carbocycles. The molecule has 2 aromatic carbocycles. The van der Waals surface area contributed by atoms with Gasteiger partial charge in [0.1, 0.15) is 23.0 Å². The van der Waals surface area contributed by atoms with E-state index in [0.29, 0.717) is 28.6 Å². The average Bonchev–Trinajstić information content (AvgIpc) is 2.91. The van der Waals surface area contributed by atoms with Gasteiger partial charge in [0.2, 0.25) is 5.78 Å². The Labute approximate surface area is 140 Å². The second-order valence-electron chi connectivity index (χ2n) is 5.37. The summed E-state index contributed by atoms with van der Waals surface area (Å²) in [6.45, 7) is 1.86. The largest absolute Gasteiger partial charge is 0.497 e. The Morgan fingerprint density at radius 3 is 2.38 bits per heavy atom. The number of allylic oxidation sites excluding steroid dienone is 1. The van der Waals surface area contributed by atoms with Crippen molar-refractivity contribution in [3.63, 3.8) is 0 Å². The molecule has 0 saturated heterocycles. The lowest BCUT2D eigenvalue weighted by molar-refractivity contribution is 0.101. The predicted molar refractivity (Wildman–Crippen MR) is 90.2 cm³/mol. The number of ketones is 1. The molecule has 0 bridgehead atoms. The van der Waals surface area contributed by atoms with Gasteiger partial charge < -0.3 is 18.9 Å². The third-order valence-corrected chi connectivity index (χ3v) is 3.91. The maximum atomic E-state index is 12.6. The van der Waals surface area contributed by atoms with Crippen molar-refractivity contribution in [3.8, 4) is 23.0 Å². The quantitative estimate of drug-likeness (QED) is 0.803. The van der Waals surface area contributed by atoms with Gasteiger partial charge in [-0.1, -0.05) is 0 Å². The zero-order valence-corrected chi connectivity index (χ0v) is 14.0. The summed E-state index contributed by atoms with van der Waals surface area (Å²) in [5, 5.41) is 0. The Morgan fingerprint density at radius 2 is 1.71 bits per heavy atom. The Hall–Kier alpha value is -2.95. The van der Waals surface area contributed by atoms with Crippen molar-refractivity contribution in [1.82, 2.24) is 0 Å². The van der Waals surface area contributed by atoms with Crippen molar-refractivity contribution in [2.75, 3.05) is 21.3 Å². The highest BCUT2D eigenvalue weighted by molar-refractivity contribution is 6.15. The van der Waals surface area contributed by atoms with Crippen LogP contribution >= 0.6 is 0 Å². The van der Waals surface area contributed by atoms with Gasteiger partial charge in [-0.15, -0.1) is 0 Å². The van der Waals surface area contributed by atoms with E-state index in [1.165, 1.54) is 0 Å². The topological polar surface area (TPSA) is 54.0 Å². The molecule has 0 N–H and O–H groups in total. The normalized spacial score (nSPS) is 14.3. The summed E-state index contributed by atoms with van der Waals surface area (Å²) < 4.78 is 21.5. The van der Waals surface area contributed by atoms with Crippen LogP contribution in [0.15, 0.2) is 36.1 Å². The monoisotopic (exact) mass is 326 g/mol. The Morgan fingerprint density at radius 1 is 0.958 bits per heavy atom. The first-order chi connectivity index (χ1) is 11.6. The van der Waals surface area contributed by atoms with E-state index >= 15 is 0 Å². The first-order valence-electron chi connectivity index (χ1n) is 7.42. The summed E-state index contributed by atoms with van der Waals surface area (Å²) in [5.41, 5.74) is 2.12. The Kier molecular flexibility index (Phi) is 4.16. The lowest BCUT2D eigenvalue weighted by atomic mass is 10.0. The van der Waals surface area contributed by atoms with Crippen LogP contribution in [0.2, 0.25) is 0 Å². The highest BCUT2D eigenvalue weighted by atomic mass is 16.5. The van der Waals surface area contributed by atoms with E-state index in [1.807, 2.05) is 19.1 Å². The van der Waals surface area contributed by atoms with Gasteiger partial charge in [-0.2, -0.15) is 0 Å². The van der Waals surface area contributed by atoms with Gasteiger partial charge >= 0.3 is 0 Å². The van der Waals surface area contributed by atoms with Crippen LogP contribution in [0, 0.1) is 6.92 Å². The van der Waals surface area contributed by atoms with E-state index in [-0.39, 0.29) is 11.5 Å². The van der Waals surface area contributed by atoms with Crippen LogP contribution in [0.25, 0.3) is 6.08 Å². The van der Waals surface area contributed by atoms with Crippen LogP contribution in [0.5, 0.6) is 23.0 Å². The van der Waals surface area contributed by atoms with Gasteiger partial charge in [-0.3, -0.25) is 4.79 Å². The van der Waals surface area contributed by atoms with Crippen LogP contribution in [-0.4, -0.2) is 27.1 Å². The number of rotatable bonds is 4. The molecule has 5 nitrogen and oxygen atoms in total. The smallest absolute Gasteiger partial charge is 0.232 e. The molecule has 1 aliphatic rings. The third kappa shape index (κ3) is 2.69. The zero-order valence-electron chi connectivity index (χ0n) is 14.0. The lowest BCUT2D eigenvalue weighted by Crippen LogP contribution is -2.00. The lowest BCUT2D eigenvalue weighted by Gasteiger charge is -2.08. The van der Waals surface area contributed by atoms with Crippen molar-refractivity contribution >= 4 is 11.9 Å². The fourth-order valence-electron chi connectivity index (χ4n) is 2.67. The number of hydrogen-bond acceptors (Lipinski definition) is 5. The van der Waals surface area contributed by atoms with Gasteiger partial charge in [-0.25, -0.2) is 0 Å². The first kappa shape index (κ1) is 15.9. The van der Waals surface area contributed by atoms with Gasteiger partial charge in [0, 0.05) is 17.7 Å². The molecule has 0 aliphatic carbocycles. The van der Waals surface area contributed by atoms with Crippen LogP contribution in [0.4, 0.5) is 0 Å². The van der Waals surface area contributed by atoms with E-state index in [9.17, 15) is 4.79 Å². The van der Waals surface area contributed by atoms with Crippen molar-refractivity contribution in [1.29, 1.82) is 0 Å². The minimum Gasteiger partial charge on any atom is -0.497 e. The molecule has 0 fully saturated rings. The standard InChI is InChI=1S/C19H18O5/c1-11-7-14(22-3)10-16-18(11)19(20)17(24-16)8-12-5-6-13(21-2)9-15(12)23-4/h5-10H,1-4H3/b17-8-. The molecule has 1 heterocycles. The van der Waals surface area contributed by atoms with Gasteiger partial charge in [-0.05, 0) is 36.8 Å². The number of carbonyl (C=O) groups is 1. The summed E-state index contributed by atoms with van der Waals surface area (Å²) in [5.74, 6) is 2.55. The van der Waals surface area contributed by atoms with Gasteiger partial charge in [0.25, 0.3) is 0 Å². The van der Waals surface area contributed by atoms with Crippen LogP contribution in [-0.2, 0) is 0 Å². The van der Waals surface area contributed by atoms with Gasteiger partial charge in [0.05, 0.1) is 26.9 Å². The Bertz CT molecular complexity index is 836. The summed E-state index contributed by atoms with van der Waals surface area (Å²) in [4.78, 5) is 12.6. The Balaban J connectivity index is 2.01. The molecule has 0 aromatic heterocycles. The second kappa shape index (κ2) is 6.28. The highest BCUT2D eigenvalue weighted by Gasteiger charge is 2.30. The molecule has 5 heteroatoms. The highest BCUT2D eigenvalue weighted by Crippen LogP contribution is 2.38. The van der Waals surface area contributed by atoms with E-state index in [1.54, 1.807) is 45.6 Å². The minimum atomic E-state index is -0.150. The molecule has 3 rings (SSSR count). The summed E-state index contributed by atoms with van der Waals surface area (Å²) in [7, 11) is 4.73. The molecule has 2 aromatic rings. The van der Waals surface area contributed by atoms with E-state index in [4.69, 9.17) is 18.9 Å². The molecule has 24 heavy (non-hydrogen) atoms. The SMILES string of the molecule is COc1ccc(/C=C2\Oc3cc(OC)cc(C)c3C2=O)c(OC)c1. The van der Waals surface area contributed by atoms with Crippen LogP contribution in [0.3, 0.4) is 0 Å². The summed E-state index contributed by atoms with van der Waals surface area (Å²) in [6, 6.07) is 8.91. The molecule has 0 amide bonds. The average molecular weight is 326 g/mol. The number of fused-ring (bicyclic) bond motifs is 1. The number of methoxy groups -OCH3 is 3. The molecular formula is C19H18O5. The number of benzene rings is 2. The molecule has 0 unspecified atom stereocenters. The van der Waals surface area contributed by atoms with Gasteiger partial charge in [0.15, 0.2) is 5.76 Å². The number of aryl methyl sites for hydroxylation is 1. The zero-order chi connectivity index (χ0) is 17.3. The molecule has 1 aliphatic heterocycles. The molecular weight excluding hydrogens is 308 g/mol. The maximum Gasteiger partial charge on any atom is 0.232 e. The summed E-state index contributed by atoms with van der Waals surface area (Å²) in [6.07, 6.45) is 1.67. The number of carbonyl (C=O) groups excluding carboxylic acids is 1.